The number of nitrogens with zero attached hydrogens (tertiary/aromatic N) is 3. The SMILES string of the molecule is Cc1ccc(C=C2SC(=S)N(CCCCCC(=O)N(CCC#N)c3ccccc3)C2=O)cc1. The third-order valence-corrected chi connectivity index (χ3v) is 6.71. The minimum absolute atomic E-state index is 0.0168. The van der Waals surface area contributed by atoms with Crippen LogP contribution in [0.1, 0.15) is 43.2 Å². The van der Waals surface area contributed by atoms with Crippen LogP contribution in [0.25, 0.3) is 6.08 Å². The number of thiocarbonyl (C=S) groups is 1. The van der Waals surface area contributed by atoms with Gasteiger partial charge in [0.1, 0.15) is 4.32 Å². The Hall–Kier alpha value is -2.95. The molecule has 0 aliphatic carbocycles. The van der Waals surface area contributed by atoms with Crippen LogP contribution < -0.4 is 4.90 Å². The van der Waals surface area contributed by atoms with E-state index in [0.29, 0.717) is 35.2 Å². The van der Waals surface area contributed by atoms with E-state index in [4.69, 9.17) is 17.5 Å². The molecule has 0 atom stereocenters. The van der Waals surface area contributed by atoms with Gasteiger partial charge in [0.2, 0.25) is 5.91 Å². The van der Waals surface area contributed by atoms with E-state index in [9.17, 15) is 9.59 Å². The Kier molecular flexibility index (Phi) is 9.23. The smallest absolute Gasteiger partial charge is 0.266 e. The number of hydrogen-bond donors (Lipinski definition) is 0. The lowest BCUT2D eigenvalue weighted by atomic mass is 10.1. The van der Waals surface area contributed by atoms with Crippen LogP contribution in [0.4, 0.5) is 5.69 Å². The van der Waals surface area contributed by atoms with E-state index in [-0.39, 0.29) is 11.8 Å². The molecular weight excluding hydrogens is 450 g/mol. The molecule has 1 aliphatic heterocycles. The number of para-hydroxylation sites is 1. The number of anilines is 1. The summed E-state index contributed by atoms with van der Waals surface area (Å²) in [5.41, 5.74) is 2.98. The second-order valence-electron chi connectivity index (χ2n) is 7.84. The number of aryl methyl sites for hydroxylation is 1. The van der Waals surface area contributed by atoms with Crippen molar-refractivity contribution in [3.8, 4) is 6.07 Å². The van der Waals surface area contributed by atoms with Crippen molar-refractivity contribution < 1.29 is 9.59 Å². The molecule has 170 valence electrons. The van der Waals surface area contributed by atoms with Crippen LogP contribution in [0.15, 0.2) is 59.5 Å². The van der Waals surface area contributed by atoms with Gasteiger partial charge in [-0.2, -0.15) is 5.26 Å². The van der Waals surface area contributed by atoms with Gasteiger partial charge in [0.15, 0.2) is 0 Å². The third kappa shape index (κ3) is 7.01. The molecule has 7 heteroatoms. The molecule has 2 aromatic carbocycles. The highest BCUT2D eigenvalue weighted by Crippen LogP contribution is 2.32. The van der Waals surface area contributed by atoms with Crippen molar-refractivity contribution in [3.63, 3.8) is 0 Å². The van der Waals surface area contributed by atoms with Crippen molar-refractivity contribution in [1.29, 1.82) is 5.26 Å². The van der Waals surface area contributed by atoms with Crippen LogP contribution in [-0.4, -0.2) is 34.1 Å². The van der Waals surface area contributed by atoms with Crippen molar-refractivity contribution >= 4 is 51.9 Å². The fourth-order valence-electron chi connectivity index (χ4n) is 3.53. The first-order valence-corrected chi connectivity index (χ1v) is 12.3. The van der Waals surface area contributed by atoms with Crippen LogP contribution in [0.5, 0.6) is 0 Å². The van der Waals surface area contributed by atoms with E-state index in [1.165, 1.54) is 17.3 Å². The highest BCUT2D eigenvalue weighted by atomic mass is 32.2. The molecule has 0 unspecified atom stereocenters. The van der Waals surface area contributed by atoms with Gasteiger partial charge < -0.3 is 4.90 Å². The first kappa shape index (κ1) is 24.7. The van der Waals surface area contributed by atoms with Crippen LogP contribution in [0.3, 0.4) is 0 Å². The second kappa shape index (κ2) is 12.3. The molecular formula is C26H27N3O2S2. The molecule has 0 bridgehead atoms. The van der Waals surface area contributed by atoms with Gasteiger partial charge in [-0.25, -0.2) is 0 Å². The van der Waals surface area contributed by atoms with Crippen LogP contribution in [0.2, 0.25) is 0 Å². The zero-order valence-corrected chi connectivity index (χ0v) is 20.3. The van der Waals surface area contributed by atoms with E-state index in [0.717, 1.165) is 30.5 Å². The number of carbonyl (C=O) groups is 2. The lowest BCUT2D eigenvalue weighted by molar-refractivity contribution is -0.122. The number of rotatable bonds is 10. The normalized spacial score (nSPS) is 14.5. The summed E-state index contributed by atoms with van der Waals surface area (Å²) < 4.78 is 0.584. The Morgan fingerprint density at radius 3 is 2.55 bits per heavy atom. The van der Waals surface area contributed by atoms with Crippen molar-refractivity contribution in [2.75, 3.05) is 18.0 Å². The molecule has 3 rings (SSSR count). The first-order chi connectivity index (χ1) is 16.0. The zero-order valence-electron chi connectivity index (χ0n) is 18.7. The molecule has 1 saturated heterocycles. The molecule has 33 heavy (non-hydrogen) atoms. The van der Waals surface area contributed by atoms with Crippen LogP contribution >= 0.6 is 24.0 Å². The standard InChI is InChI=1S/C26H27N3O2S2/c1-20-12-14-21(15-13-20)19-23-25(31)29(26(32)33-23)17-7-3-6-11-24(30)28(18-8-16-27)22-9-4-2-5-10-22/h2,4-5,9-10,12-15,19H,3,6-8,11,17-18H2,1H3. The Morgan fingerprint density at radius 2 is 1.85 bits per heavy atom. The molecule has 0 radical (unpaired) electrons. The zero-order chi connectivity index (χ0) is 23.6. The molecule has 0 aromatic heterocycles. The Morgan fingerprint density at radius 1 is 1.12 bits per heavy atom. The predicted octanol–water partition coefficient (Wildman–Crippen LogP) is 5.70. The maximum atomic E-state index is 12.8. The number of carbonyl (C=O) groups excluding carboxylic acids is 2. The summed E-state index contributed by atoms with van der Waals surface area (Å²) in [4.78, 5) is 29.5. The highest BCUT2D eigenvalue weighted by Gasteiger charge is 2.31. The van der Waals surface area contributed by atoms with Gasteiger partial charge in [0.25, 0.3) is 5.91 Å². The molecule has 0 spiro atoms. The topological polar surface area (TPSA) is 64.4 Å². The second-order valence-corrected chi connectivity index (χ2v) is 9.52. The quantitative estimate of drug-likeness (QED) is 0.249. The Balaban J connectivity index is 1.46. The van der Waals surface area contributed by atoms with E-state index in [1.54, 1.807) is 9.80 Å². The number of amides is 2. The summed E-state index contributed by atoms with van der Waals surface area (Å²) in [5.74, 6) is -0.0310. The molecule has 2 aromatic rings. The number of nitriles is 1. The highest BCUT2D eigenvalue weighted by molar-refractivity contribution is 8.26. The molecule has 5 nitrogen and oxygen atoms in total. The monoisotopic (exact) mass is 477 g/mol. The average molecular weight is 478 g/mol. The number of hydrogen-bond acceptors (Lipinski definition) is 5. The van der Waals surface area contributed by atoms with Crippen LogP contribution in [-0.2, 0) is 9.59 Å². The molecule has 1 aliphatic rings. The summed E-state index contributed by atoms with van der Waals surface area (Å²) in [6.07, 6.45) is 4.92. The summed E-state index contributed by atoms with van der Waals surface area (Å²) in [6.45, 7) is 2.98. The number of unbranched alkanes of at least 4 members (excludes halogenated alkanes) is 2. The van der Waals surface area contributed by atoms with Gasteiger partial charge >= 0.3 is 0 Å². The van der Waals surface area contributed by atoms with Crippen molar-refractivity contribution in [3.05, 3.63) is 70.6 Å². The maximum absolute atomic E-state index is 12.8. The minimum Gasteiger partial charge on any atom is -0.311 e. The predicted molar refractivity (Wildman–Crippen MR) is 139 cm³/mol. The van der Waals surface area contributed by atoms with Gasteiger partial charge in [0, 0.05) is 25.2 Å². The molecule has 1 heterocycles. The van der Waals surface area contributed by atoms with Gasteiger partial charge in [-0.3, -0.25) is 14.5 Å². The Labute approximate surface area is 205 Å². The third-order valence-electron chi connectivity index (χ3n) is 5.34. The first-order valence-electron chi connectivity index (χ1n) is 11.0. The number of benzene rings is 2. The fourth-order valence-corrected chi connectivity index (χ4v) is 4.84. The van der Waals surface area contributed by atoms with Crippen molar-refractivity contribution in [2.45, 2.75) is 39.0 Å². The van der Waals surface area contributed by atoms with Gasteiger partial charge in [-0.1, -0.05) is 78.4 Å². The van der Waals surface area contributed by atoms with E-state index >= 15 is 0 Å². The van der Waals surface area contributed by atoms with Gasteiger partial charge in [-0.15, -0.1) is 0 Å². The summed E-state index contributed by atoms with van der Waals surface area (Å²) >= 11 is 6.76. The van der Waals surface area contributed by atoms with Gasteiger partial charge in [-0.05, 0) is 43.5 Å². The van der Waals surface area contributed by atoms with Crippen LogP contribution in [0, 0.1) is 18.3 Å². The summed E-state index contributed by atoms with van der Waals surface area (Å²) in [7, 11) is 0. The molecule has 0 saturated carbocycles. The fraction of sp³-hybridized carbons (Fsp3) is 0.308. The molecule has 1 fully saturated rings. The van der Waals surface area contributed by atoms with E-state index < -0.39 is 0 Å². The molecule has 0 N–H and O–H groups in total. The summed E-state index contributed by atoms with van der Waals surface area (Å²) in [5, 5.41) is 8.91. The maximum Gasteiger partial charge on any atom is 0.266 e. The minimum atomic E-state index is -0.0478. The lowest BCUT2D eigenvalue weighted by Gasteiger charge is -2.22. The average Bonchev–Trinajstić information content (AvgIpc) is 3.08. The molecule has 2 amide bonds. The van der Waals surface area contributed by atoms with Gasteiger partial charge in [0.05, 0.1) is 17.4 Å². The number of thioether (sulfide) groups is 1. The van der Waals surface area contributed by atoms with Crippen molar-refractivity contribution in [2.24, 2.45) is 0 Å². The largest absolute Gasteiger partial charge is 0.311 e. The lowest BCUT2D eigenvalue weighted by Crippen LogP contribution is -2.31. The van der Waals surface area contributed by atoms with E-state index in [2.05, 4.69) is 6.07 Å². The van der Waals surface area contributed by atoms with E-state index in [1.807, 2.05) is 67.6 Å². The Bertz CT molecular complexity index is 1060. The summed E-state index contributed by atoms with van der Waals surface area (Å²) in [6, 6.07) is 19.6. The van der Waals surface area contributed by atoms with Crippen molar-refractivity contribution in [1.82, 2.24) is 4.90 Å².